The average Bonchev–Trinajstić information content (AvgIpc) is 2.70. The van der Waals surface area contributed by atoms with Gasteiger partial charge in [0.2, 0.25) is 0 Å². The Hall–Kier alpha value is -1.16. The van der Waals surface area contributed by atoms with Gasteiger partial charge in [-0.2, -0.15) is 0 Å². The summed E-state index contributed by atoms with van der Waals surface area (Å²) in [6, 6.07) is 0. The molecule has 0 unspecified atom stereocenters. The molecule has 0 bridgehead atoms. The zero-order valence-corrected chi connectivity index (χ0v) is 7.99. The molecule has 0 aliphatic heterocycles. The summed E-state index contributed by atoms with van der Waals surface area (Å²) in [7, 11) is 0. The first-order valence-corrected chi connectivity index (χ1v) is 5.00. The first-order valence-electron chi connectivity index (χ1n) is 5.00. The van der Waals surface area contributed by atoms with Crippen molar-refractivity contribution < 1.29 is 5.11 Å². The molecule has 1 heterocycles. The maximum atomic E-state index is 11.4. The molecule has 1 aliphatic carbocycles. The van der Waals surface area contributed by atoms with E-state index in [2.05, 4.69) is 9.97 Å². The highest BCUT2D eigenvalue weighted by Gasteiger charge is 2.19. The summed E-state index contributed by atoms with van der Waals surface area (Å²) < 4.78 is 0. The van der Waals surface area contributed by atoms with Crippen LogP contribution < -0.4 is 5.56 Å². The van der Waals surface area contributed by atoms with Gasteiger partial charge in [0.25, 0.3) is 5.56 Å². The van der Waals surface area contributed by atoms with Crippen molar-refractivity contribution in [2.45, 2.75) is 38.2 Å². The number of aromatic nitrogens is 2. The van der Waals surface area contributed by atoms with Crippen LogP contribution in [0.25, 0.3) is 0 Å². The van der Waals surface area contributed by atoms with Gasteiger partial charge in [0.05, 0.1) is 12.2 Å². The average molecular weight is 194 g/mol. The Morgan fingerprint density at radius 3 is 2.79 bits per heavy atom. The van der Waals surface area contributed by atoms with E-state index >= 15 is 0 Å². The van der Waals surface area contributed by atoms with E-state index in [1.165, 1.54) is 19.0 Å². The third-order valence-corrected chi connectivity index (χ3v) is 2.80. The summed E-state index contributed by atoms with van der Waals surface area (Å²) >= 11 is 0. The lowest BCUT2D eigenvalue weighted by molar-refractivity contribution is 0.279. The highest BCUT2D eigenvalue weighted by Crippen LogP contribution is 2.31. The minimum atomic E-state index is -0.243. The summed E-state index contributed by atoms with van der Waals surface area (Å²) in [6.07, 6.45) is 6.14. The molecule has 1 aromatic heterocycles. The van der Waals surface area contributed by atoms with Crippen molar-refractivity contribution in [3.05, 3.63) is 27.9 Å². The molecular weight excluding hydrogens is 180 g/mol. The number of nitrogens with zero attached hydrogens (tertiary/aromatic N) is 1. The van der Waals surface area contributed by atoms with E-state index in [0.29, 0.717) is 11.5 Å². The summed E-state index contributed by atoms with van der Waals surface area (Å²) in [5.41, 5.74) is 0.135. The highest BCUT2D eigenvalue weighted by atomic mass is 16.3. The topological polar surface area (TPSA) is 66.0 Å². The first kappa shape index (κ1) is 9.40. The molecule has 0 spiro atoms. The number of nitrogens with one attached hydrogen (secondary N) is 1. The zero-order chi connectivity index (χ0) is 9.97. The van der Waals surface area contributed by atoms with Crippen molar-refractivity contribution in [2.75, 3.05) is 0 Å². The van der Waals surface area contributed by atoms with Crippen LogP contribution in [-0.2, 0) is 6.61 Å². The van der Waals surface area contributed by atoms with E-state index in [9.17, 15) is 4.79 Å². The first-order chi connectivity index (χ1) is 6.81. The molecule has 76 valence electrons. The molecule has 0 aromatic carbocycles. The van der Waals surface area contributed by atoms with Crippen molar-refractivity contribution in [3.8, 4) is 0 Å². The summed E-state index contributed by atoms with van der Waals surface area (Å²) in [5.74, 6) is 1.19. The second kappa shape index (κ2) is 3.92. The molecule has 0 saturated heterocycles. The van der Waals surface area contributed by atoms with Crippen LogP contribution in [0.4, 0.5) is 0 Å². The van der Waals surface area contributed by atoms with Crippen LogP contribution >= 0.6 is 0 Å². The van der Waals surface area contributed by atoms with Crippen molar-refractivity contribution in [3.63, 3.8) is 0 Å². The number of hydrogen-bond acceptors (Lipinski definition) is 3. The fourth-order valence-electron chi connectivity index (χ4n) is 1.95. The van der Waals surface area contributed by atoms with Gasteiger partial charge >= 0.3 is 0 Å². The van der Waals surface area contributed by atoms with Crippen LogP contribution in [0.3, 0.4) is 0 Å². The molecule has 1 aromatic rings. The molecule has 2 N–H and O–H groups in total. The van der Waals surface area contributed by atoms with Crippen LogP contribution in [0.15, 0.2) is 11.0 Å². The Kier molecular flexibility index (Phi) is 2.63. The predicted molar refractivity (Wildman–Crippen MR) is 52.0 cm³/mol. The number of rotatable bonds is 2. The van der Waals surface area contributed by atoms with Gasteiger partial charge in [-0.3, -0.25) is 4.79 Å². The van der Waals surface area contributed by atoms with Crippen molar-refractivity contribution in [1.82, 2.24) is 9.97 Å². The maximum Gasteiger partial charge on any atom is 0.256 e. The van der Waals surface area contributed by atoms with Gasteiger partial charge in [0.1, 0.15) is 5.82 Å². The van der Waals surface area contributed by atoms with Crippen LogP contribution in [0, 0.1) is 0 Å². The quantitative estimate of drug-likeness (QED) is 0.735. The standard InChI is InChI=1S/C10H14N2O2/c13-6-8-5-11-9(12-10(8)14)7-3-1-2-4-7/h5,7,13H,1-4,6H2,(H,11,12,14). The Morgan fingerprint density at radius 1 is 1.50 bits per heavy atom. The summed E-state index contributed by atoms with van der Waals surface area (Å²) in [4.78, 5) is 18.3. The van der Waals surface area contributed by atoms with Gasteiger partial charge in [0.15, 0.2) is 0 Å². The van der Waals surface area contributed by atoms with Crippen molar-refractivity contribution in [2.24, 2.45) is 0 Å². The van der Waals surface area contributed by atoms with E-state index in [4.69, 9.17) is 5.11 Å². The minimum absolute atomic E-state index is 0.204. The predicted octanol–water partition coefficient (Wildman–Crippen LogP) is 0.920. The van der Waals surface area contributed by atoms with Crippen LogP contribution in [-0.4, -0.2) is 15.1 Å². The van der Waals surface area contributed by atoms with Crippen LogP contribution in [0.5, 0.6) is 0 Å². The van der Waals surface area contributed by atoms with Crippen molar-refractivity contribution >= 4 is 0 Å². The normalized spacial score (nSPS) is 17.5. The van der Waals surface area contributed by atoms with Crippen LogP contribution in [0.1, 0.15) is 43.0 Å². The van der Waals surface area contributed by atoms with Crippen LogP contribution in [0.2, 0.25) is 0 Å². The zero-order valence-electron chi connectivity index (χ0n) is 7.99. The number of aromatic amines is 1. The lowest BCUT2D eigenvalue weighted by Crippen LogP contribution is -2.17. The molecule has 1 aliphatic rings. The molecule has 0 atom stereocenters. The molecule has 1 saturated carbocycles. The monoisotopic (exact) mass is 194 g/mol. The van der Waals surface area contributed by atoms with Crippen molar-refractivity contribution in [1.29, 1.82) is 0 Å². The molecule has 4 nitrogen and oxygen atoms in total. The van der Waals surface area contributed by atoms with Gasteiger partial charge in [-0.05, 0) is 12.8 Å². The Morgan fingerprint density at radius 2 is 2.21 bits per heavy atom. The fraction of sp³-hybridized carbons (Fsp3) is 0.600. The Labute approximate surface area is 82.0 Å². The second-order valence-corrected chi connectivity index (χ2v) is 3.76. The molecule has 2 rings (SSSR count). The molecule has 14 heavy (non-hydrogen) atoms. The van der Waals surface area contributed by atoms with Gasteiger partial charge in [0, 0.05) is 12.1 Å². The van der Waals surface area contributed by atoms with E-state index in [1.807, 2.05) is 0 Å². The number of hydrogen-bond donors (Lipinski definition) is 2. The smallest absolute Gasteiger partial charge is 0.256 e. The summed E-state index contributed by atoms with van der Waals surface area (Å²) in [6.45, 7) is -0.243. The van der Waals surface area contributed by atoms with E-state index in [0.717, 1.165) is 18.7 Å². The minimum Gasteiger partial charge on any atom is -0.391 e. The molecule has 0 amide bonds. The number of aliphatic hydroxyl groups is 1. The molecular formula is C10H14N2O2. The maximum absolute atomic E-state index is 11.4. The Balaban J connectivity index is 2.27. The van der Waals surface area contributed by atoms with E-state index in [1.54, 1.807) is 0 Å². The number of H-pyrrole nitrogens is 1. The highest BCUT2D eigenvalue weighted by molar-refractivity contribution is 5.07. The second-order valence-electron chi connectivity index (χ2n) is 3.76. The summed E-state index contributed by atoms with van der Waals surface area (Å²) in [5, 5.41) is 8.81. The third kappa shape index (κ3) is 1.70. The van der Waals surface area contributed by atoms with E-state index < -0.39 is 0 Å². The van der Waals surface area contributed by atoms with E-state index in [-0.39, 0.29) is 12.2 Å². The Bertz CT molecular complexity index is 367. The van der Waals surface area contributed by atoms with Gasteiger partial charge in [-0.15, -0.1) is 0 Å². The molecule has 0 radical (unpaired) electrons. The lowest BCUT2D eigenvalue weighted by Gasteiger charge is -2.07. The number of aliphatic hydroxyl groups excluding tert-OH is 1. The largest absolute Gasteiger partial charge is 0.391 e. The molecule has 1 fully saturated rings. The van der Waals surface area contributed by atoms with Gasteiger partial charge in [-0.1, -0.05) is 12.8 Å². The third-order valence-electron chi connectivity index (χ3n) is 2.80. The lowest BCUT2D eigenvalue weighted by atomic mass is 10.1. The SMILES string of the molecule is O=c1[nH]c(C2CCCC2)ncc1CO. The van der Waals surface area contributed by atoms with Gasteiger partial charge in [-0.25, -0.2) is 4.98 Å². The van der Waals surface area contributed by atoms with Gasteiger partial charge < -0.3 is 10.1 Å². The molecule has 4 heteroatoms. The fourth-order valence-corrected chi connectivity index (χ4v) is 1.95.